The number of carbonyl (C=O) groups excluding carboxylic acids is 1. The van der Waals surface area contributed by atoms with Gasteiger partial charge in [0.2, 0.25) is 0 Å². The highest BCUT2D eigenvalue weighted by molar-refractivity contribution is 7.99. The summed E-state index contributed by atoms with van der Waals surface area (Å²) in [7, 11) is 1.44. The van der Waals surface area contributed by atoms with Gasteiger partial charge in [0, 0.05) is 30.6 Å². The van der Waals surface area contributed by atoms with E-state index in [0.29, 0.717) is 12.5 Å². The van der Waals surface area contributed by atoms with Crippen molar-refractivity contribution in [2.45, 2.75) is 25.9 Å². The molecule has 1 aromatic carbocycles. The molecule has 4 heteroatoms. The summed E-state index contributed by atoms with van der Waals surface area (Å²) in [5.41, 5.74) is 2.33. The van der Waals surface area contributed by atoms with E-state index < -0.39 is 0 Å². The Morgan fingerprint density at radius 1 is 1.42 bits per heavy atom. The lowest BCUT2D eigenvalue weighted by atomic mass is 10.0. The summed E-state index contributed by atoms with van der Waals surface area (Å²) in [4.78, 5) is 13.9. The average molecular weight is 279 g/mol. The lowest BCUT2D eigenvalue weighted by Crippen LogP contribution is -2.39. The van der Waals surface area contributed by atoms with E-state index in [-0.39, 0.29) is 5.97 Å². The molecule has 0 bridgehead atoms. The smallest absolute Gasteiger partial charge is 0.309 e. The minimum absolute atomic E-state index is 0.172. The van der Waals surface area contributed by atoms with Gasteiger partial charge in [0.15, 0.2) is 0 Å². The van der Waals surface area contributed by atoms with Crippen LogP contribution in [0.25, 0.3) is 0 Å². The van der Waals surface area contributed by atoms with Crippen molar-refractivity contribution in [3.05, 3.63) is 35.4 Å². The van der Waals surface area contributed by atoms with E-state index >= 15 is 0 Å². The Kier molecular flexibility index (Phi) is 5.28. The molecule has 1 aromatic rings. The second-order valence-electron chi connectivity index (χ2n) is 4.92. The van der Waals surface area contributed by atoms with Gasteiger partial charge in [-0.1, -0.05) is 24.3 Å². The first-order chi connectivity index (χ1) is 9.20. The molecule has 1 saturated heterocycles. The van der Waals surface area contributed by atoms with Gasteiger partial charge in [-0.05, 0) is 18.1 Å². The molecule has 0 spiro atoms. The number of hydrogen-bond acceptors (Lipinski definition) is 4. The fourth-order valence-electron chi connectivity index (χ4n) is 2.33. The number of thioether (sulfide) groups is 1. The summed E-state index contributed by atoms with van der Waals surface area (Å²) in [5.74, 6) is 2.22. The maximum atomic E-state index is 11.5. The van der Waals surface area contributed by atoms with Gasteiger partial charge in [-0.15, -0.1) is 0 Å². The highest BCUT2D eigenvalue weighted by Gasteiger charge is 2.19. The largest absolute Gasteiger partial charge is 0.469 e. The number of benzene rings is 1. The molecule has 0 aliphatic carbocycles. The molecule has 0 radical (unpaired) electrons. The van der Waals surface area contributed by atoms with Crippen molar-refractivity contribution >= 4 is 17.7 Å². The van der Waals surface area contributed by atoms with Crippen molar-refractivity contribution < 1.29 is 9.53 Å². The van der Waals surface area contributed by atoms with E-state index in [1.54, 1.807) is 0 Å². The Hall–Kier alpha value is -1.00. The normalized spacial score (nSPS) is 20.2. The van der Waals surface area contributed by atoms with E-state index in [2.05, 4.69) is 17.9 Å². The van der Waals surface area contributed by atoms with E-state index in [1.165, 1.54) is 24.2 Å². The van der Waals surface area contributed by atoms with Crippen LogP contribution in [0, 0.1) is 0 Å². The average Bonchev–Trinajstić information content (AvgIpc) is 2.43. The van der Waals surface area contributed by atoms with E-state index in [9.17, 15) is 4.79 Å². The molecule has 0 amide bonds. The molecule has 3 nitrogen and oxygen atoms in total. The van der Waals surface area contributed by atoms with Crippen LogP contribution in [0.1, 0.15) is 18.1 Å². The van der Waals surface area contributed by atoms with Gasteiger partial charge in [0.05, 0.1) is 13.5 Å². The first-order valence-electron chi connectivity index (χ1n) is 6.66. The number of methoxy groups -OCH3 is 1. The summed E-state index contributed by atoms with van der Waals surface area (Å²) < 4.78 is 4.76. The minimum Gasteiger partial charge on any atom is -0.469 e. The van der Waals surface area contributed by atoms with Crippen molar-refractivity contribution in [1.82, 2.24) is 4.90 Å². The van der Waals surface area contributed by atoms with Crippen LogP contribution >= 0.6 is 11.8 Å². The highest BCUT2D eigenvalue weighted by atomic mass is 32.2. The monoisotopic (exact) mass is 279 g/mol. The van der Waals surface area contributed by atoms with Gasteiger partial charge >= 0.3 is 5.97 Å². The lowest BCUT2D eigenvalue weighted by Gasteiger charge is -2.33. The molecule has 1 unspecified atom stereocenters. The molecule has 1 heterocycles. The van der Waals surface area contributed by atoms with E-state index in [0.717, 1.165) is 18.7 Å². The van der Waals surface area contributed by atoms with Crippen molar-refractivity contribution in [2.24, 2.45) is 0 Å². The van der Waals surface area contributed by atoms with Crippen LogP contribution in [0.5, 0.6) is 0 Å². The van der Waals surface area contributed by atoms with Crippen LogP contribution in [0.3, 0.4) is 0 Å². The Labute approximate surface area is 119 Å². The quantitative estimate of drug-likeness (QED) is 0.791. The number of rotatable bonds is 4. The maximum absolute atomic E-state index is 11.5. The molecule has 1 atom stereocenters. The molecule has 0 N–H and O–H groups in total. The zero-order chi connectivity index (χ0) is 13.7. The highest BCUT2D eigenvalue weighted by Crippen LogP contribution is 2.20. The third-order valence-corrected chi connectivity index (χ3v) is 4.75. The summed E-state index contributed by atoms with van der Waals surface area (Å²) >= 11 is 2.02. The number of ether oxygens (including phenoxy) is 1. The van der Waals surface area contributed by atoms with E-state index in [1.807, 2.05) is 30.0 Å². The predicted octanol–water partition coefficient (Wildman–Crippen LogP) is 2.34. The Bertz CT molecular complexity index is 436. The van der Waals surface area contributed by atoms with Crippen LogP contribution < -0.4 is 0 Å². The van der Waals surface area contributed by atoms with Crippen LogP contribution in [0.4, 0.5) is 0 Å². The van der Waals surface area contributed by atoms with Crippen LogP contribution in [-0.2, 0) is 22.5 Å². The standard InChI is InChI=1S/C15H21NO2S/c1-12-11-19-8-7-16(12)10-14-6-4-3-5-13(14)9-15(17)18-2/h3-6,12H,7-11H2,1-2H3. The third kappa shape index (κ3) is 3.98. The Morgan fingerprint density at radius 2 is 2.16 bits per heavy atom. The van der Waals surface area contributed by atoms with Crippen LogP contribution in [0.2, 0.25) is 0 Å². The zero-order valence-corrected chi connectivity index (χ0v) is 12.4. The van der Waals surface area contributed by atoms with Crippen molar-refractivity contribution in [3.63, 3.8) is 0 Å². The van der Waals surface area contributed by atoms with Crippen molar-refractivity contribution in [3.8, 4) is 0 Å². The first-order valence-corrected chi connectivity index (χ1v) is 7.81. The number of nitrogens with zero attached hydrogens (tertiary/aromatic N) is 1. The van der Waals surface area contributed by atoms with Gasteiger partial charge in [0.25, 0.3) is 0 Å². The first kappa shape index (κ1) is 14.4. The summed E-state index contributed by atoms with van der Waals surface area (Å²) in [5, 5.41) is 0. The summed E-state index contributed by atoms with van der Waals surface area (Å²) in [6.07, 6.45) is 0.365. The second-order valence-corrected chi connectivity index (χ2v) is 6.07. The predicted molar refractivity (Wildman–Crippen MR) is 79.4 cm³/mol. The van der Waals surface area contributed by atoms with E-state index in [4.69, 9.17) is 4.74 Å². The zero-order valence-electron chi connectivity index (χ0n) is 11.6. The maximum Gasteiger partial charge on any atom is 0.309 e. The number of esters is 1. The third-order valence-electron chi connectivity index (χ3n) is 3.56. The molecular weight excluding hydrogens is 258 g/mol. The lowest BCUT2D eigenvalue weighted by molar-refractivity contribution is -0.139. The number of carbonyl (C=O) groups is 1. The summed E-state index contributed by atoms with van der Waals surface area (Å²) in [6.45, 7) is 4.32. The fraction of sp³-hybridized carbons (Fsp3) is 0.533. The molecule has 1 fully saturated rings. The fourth-order valence-corrected chi connectivity index (χ4v) is 3.41. The van der Waals surface area contributed by atoms with Gasteiger partial charge in [-0.25, -0.2) is 0 Å². The topological polar surface area (TPSA) is 29.5 Å². The van der Waals surface area contributed by atoms with Gasteiger partial charge < -0.3 is 4.74 Å². The molecule has 2 rings (SSSR count). The summed E-state index contributed by atoms with van der Waals surface area (Å²) in [6, 6.07) is 8.77. The molecule has 1 aliphatic rings. The van der Waals surface area contributed by atoms with Crippen molar-refractivity contribution in [2.75, 3.05) is 25.2 Å². The molecule has 104 valence electrons. The Morgan fingerprint density at radius 3 is 2.84 bits per heavy atom. The second kappa shape index (κ2) is 6.96. The van der Waals surface area contributed by atoms with Gasteiger partial charge in [-0.2, -0.15) is 11.8 Å². The van der Waals surface area contributed by atoms with Crippen LogP contribution in [0.15, 0.2) is 24.3 Å². The van der Waals surface area contributed by atoms with Crippen molar-refractivity contribution in [1.29, 1.82) is 0 Å². The molecular formula is C15H21NO2S. The molecule has 19 heavy (non-hydrogen) atoms. The molecule has 0 saturated carbocycles. The molecule has 1 aliphatic heterocycles. The van der Waals surface area contributed by atoms with Gasteiger partial charge in [0.1, 0.15) is 0 Å². The SMILES string of the molecule is COC(=O)Cc1ccccc1CN1CCSCC1C. The minimum atomic E-state index is -0.172. The van der Waals surface area contributed by atoms with Gasteiger partial charge in [-0.3, -0.25) is 9.69 Å². The van der Waals surface area contributed by atoms with Crippen LogP contribution in [-0.4, -0.2) is 42.1 Å². The number of hydrogen-bond donors (Lipinski definition) is 0. The Balaban J connectivity index is 2.08. The molecule has 0 aromatic heterocycles.